The van der Waals surface area contributed by atoms with Crippen LogP contribution in [0.3, 0.4) is 0 Å². The summed E-state index contributed by atoms with van der Waals surface area (Å²) >= 11 is 0. The van der Waals surface area contributed by atoms with Gasteiger partial charge in [0, 0.05) is 44.6 Å². The van der Waals surface area contributed by atoms with Crippen LogP contribution in [-0.2, 0) is 14.3 Å². The largest absolute Gasteiger partial charge is 0.372 e. The Hall–Kier alpha value is -1.66. The molecular formula is C25H45N3O3. The molecule has 178 valence electrons. The van der Waals surface area contributed by atoms with Crippen LogP contribution in [0.2, 0.25) is 0 Å². The highest BCUT2D eigenvalue weighted by Gasteiger charge is 2.30. The molecule has 6 nitrogen and oxygen atoms in total. The molecular weight excluding hydrogens is 390 g/mol. The highest BCUT2D eigenvalue weighted by atomic mass is 16.6. The predicted molar refractivity (Wildman–Crippen MR) is 128 cm³/mol. The van der Waals surface area contributed by atoms with Crippen molar-refractivity contribution in [1.29, 1.82) is 0 Å². The number of epoxide rings is 1. The summed E-state index contributed by atoms with van der Waals surface area (Å²) in [6.45, 7) is 11.2. The van der Waals surface area contributed by atoms with E-state index in [-0.39, 0.29) is 30.0 Å². The van der Waals surface area contributed by atoms with Crippen LogP contribution < -0.4 is 10.6 Å². The maximum Gasteiger partial charge on any atom is 0.220 e. The Bertz CT molecular complexity index is 516. The molecule has 0 aliphatic carbocycles. The van der Waals surface area contributed by atoms with E-state index in [4.69, 9.17) is 4.74 Å². The standard InChI is InChI=1S/C25H45N3O3/c1-5-7-9-11-13-15-24(29)26-17-21(3)28(19-23-20-31-23)22(4)18-27-25(30)16-14-12-10-8-6-2/h5-8,21-23H,9-20H2,1-4H3,(H,26,29)(H,27,30)/b7-5+,8-6+. The lowest BCUT2D eigenvalue weighted by molar-refractivity contribution is -0.121. The van der Waals surface area contributed by atoms with Crippen molar-refractivity contribution in [2.75, 3.05) is 26.2 Å². The van der Waals surface area contributed by atoms with Gasteiger partial charge in [-0.1, -0.05) is 24.3 Å². The molecule has 2 N–H and O–H groups in total. The lowest BCUT2D eigenvalue weighted by atomic mass is 10.1. The van der Waals surface area contributed by atoms with Crippen molar-refractivity contribution in [1.82, 2.24) is 15.5 Å². The maximum atomic E-state index is 12.2. The van der Waals surface area contributed by atoms with Crippen molar-refractivity contribution in [3.63, 3.8) is 0 Å². The number of hydrogen-bond donors (Lipinski definition) is 2. The molecule has 0 aromatic carbocycles. The van der Waals surface area contributed by atoms with Crippen molar-refractivity contribution in [3.8, 4) is 0 Å². The summed E-state index contributed by atoms with van der Waals surface area (Å²) < 4.78 is 5.43. The molecule has 0 bridgehead atoms. The number of amides is 2. The van der Waals surface area contributed by atoms with E-state index in [0.717, 1.165) is 51.7 Å². The second-order valence-corrected chi connectivity index (χ2v) is 8.59. The topological polar surface area (TPSA) is 74.0 Å². The van der Waals surface area contributed by atoms with E-state index in [1.54, 1.807) is 0 Å². The van der Waals surface area contributed by atoms with E-state index in [1.165, 1.54) is 0 Å². The maximum absolute atomic E-state index is 12.2. The summed E-state index contributed by atoms with van der Waals surface area (Å²) in [5.41, 5.74) is 0. The van der Waals surface area contributed by atoms with Gasteiger partial charge in [-0.15, -0.1) is 0 Å². The first kappa shape index (κ1) is 27.4. The third kappa shape index (κ3) is 14.1. The zero-order valence-corrected chi connectivity index (χ0v) is 20.2. The quantitative estimate of drug-likeness (QED) is 0.194. The fourth-order valence-electron chi connectivity index (χ4n) is 3.57. The van der Waals surface area contributed by atoms with Crippen LogP contribution in [-0.4, -0.2) is 61.1 Å². The van der Waals surface area contributed by atoms with Gasteiger partial charge in [0.2, 0.25) is 11.8 Å². The van der Waals surface area contributed by atoms with Gasteiger partial charge < -0.3 is 15.4 Å². The van der Waals surface area contributed by atoms with Crippen molar-refractivity contribution >= 4 is 11.8 Å². The number of carbonyl (C=O) groups excluding carboxylic acids is 2. The minimum atomic E-state index is 0.119. The molecule has 0 aromatic heterocycles. The Morgan fingerprint density at radius 2 is 1.35 bits per heavy atom. The number of nitrogens with zero attached hydrogens (tertiary/aromatic N) is 1. The van der Waals surface area contributed by atoms with Crippen LogP contribution >= 0.6 is 0 Å². The molecule has 2 amide bonds. The molecule has 3 atom stereocenters. The Labute approximate surface area is 189 Å². The lowest BCUT2D eigenvalue weighted by Gasteiger charge is -2.34. The van der Waals surface area contributed by atoms with Gasteiger partial charge >= 0.3 is 0 Å². The lowest BCUT2D eigenvalue weighted by Crippen LogP contribution is -2.51. The van der Waals surface area contributed by atoms with Gasteiger partial charge in [0.1, 0.15) is 0 Å². The molecule has 0 spiro atoms. The summed E-state index contributed by atoms with van der Waals surface area (Å²) in [5.74, 6) is 0.239. The summed E-state index contributed by atoms with van der Waals surface area (Å²) in [4.78, 5) is 26.7. The molecule has 1 saturated heterocycles. The highest BCUT2D eigenvalue weighted by Crippen LogP contribution is 2.15. The van der Waals surface area contributed by atoms with Crippen LogP contribution in [0, 0.1) is 0 Å². The molecule has 0 aromatic rings. The first-order valence-corrected chi connectivity index (χ1v) is 12.1. The fraction of sp³-hybridized carbons (Fsp3) is 0.760. The van der Waals surface area contributed by atoms with Gasteiger partial charge in [0.25, 0.3) is 0 Å². The van der Waals surface area contributed by atoms with E-state index in [2.05, 4.69) is 53.7 Å². The average Bonchev–Trinajstić information content (AvgIpc) is 3.58. The van der Waals surface area contributed by atoms with Crippen LogP contribution in [0.25, 0.3) is 0 Å². The molecule has 1 fully saturated rings. The van der Waals surface area contributed by atoms with Crippen molar-refractivity contribution in [2.24, 2.45) is 0 Å². The van der Waals surface area contributed by atoms with Gasteiger partial charge in [-0.3, -0.25) is 14.5 Å². The van der Waals surface area contributed by atoms with Crippen molar-refractivity contribution in [3.05, 3.63) is 24.3 Å². The zero-order valence-electron chi connectivity index (χ0n) is 20.2. The number of ether oxygens (including phenoxy) is 1. The zero-order chi connectivity index (χ0) is 22.9. The van der Waals surface area contributed by atoms with E-state index >= 15 is 0 Å². The summed E-state index contributed by atoms with van der Waals surface area (Å²) in [6, 6.07) is 0.368. The first-order valence-electron chi connectivity index (χ1n) is 12.1. The van der Waals surface area contributed by atoms with Crippen molar-refractivity contribution < 1.29 is 14.3 Å². The van der Waals surface area contributed by atoms with Crippen LogP contribution in [0.5, 0.6) is 0 Å². The number of hydrogen-bond acceptors (Lipinski definition) is 4. The normalized spacial score (nSPS) is 17.9. The molecule has 1 aliphatic rings. The van der Waals surface area contributed by atoms with E-state index < -0.39 is 0 Å². The van der Waals surface area contributed by atoms with Crippen LogP contribution in [0.1, 0.15) is 79.1 Å². The number of nitrogens with one attached hydrogen (secondary N) is 2. The Balaban J connectivity index is 2.33. The molecule has 1 rings (SSSR count). The third-order valence-corrected chi connectivity index (χ3v) is 5.66. The molecule has 1 aliphatic heterocycles. The molecule has 3 unspecified atom stereocenters. The minimum Gasteiger partial charge on any atom is -0.372 e. The Kier molecular flexibility index (Phi) is 15.0. The van der Waals surface area contributed by atoms with E-state index in [1.807, 2.05) is 13.8 Å². The molecule has 0 radical (unpaired) electrons. The number of carbonyl (C=O) groups is 2. The SMILES string of the molecule is C/C=C/CCCCC(=O)NCC(C)N(CC1CO1)C(C)CNC(=O)CCCC/C=C/C. The van der Waals surface area contributed by atoms with Crippen molar-refractivity contribution in [2.45, 2.75) is 97.2 Å². The summed E-state index contributed by atoms with van der Waals surface area (Å²) in [6.07, 6.45) is 15.8. The molecule has 6 heteroatoms. The fourth-order valence-corrected chi connectivity index (χ4v) is 3.57. The van der Waals surface area contributed by atoms with Gasteiger partial charge in [0.05, 0.1) is 12.7 Å². The smallest absolute Gasteiger partial charge is 0.220 e. The summed E-state index contributed by atoms with van der Waals surface area (Å²) in [7, 11) is 0. The third-order valence-electron chi connectivity index (χ3n) is 5.66. The second-order valence-electron chi connectivity index (χ2n) is 8.59. The monoisotopic (exact) mass is 435 g/mol. The number of rotatable bonds is 18. The Morgan fingerprint density at radius 3 is 1.74 bits per heavy atom. The first-order chi connectivity index (χ1) is 15.0. The molecule has 31 heavy (non-hydrogen) atoms. The average molecular weight is 436 g/mol. The second kappa shape index (κ2) is 17.0. The number of allylic oxidation sites excluding steroid dienone is 4. The predicted octanol–water partition coefficient (Wildman–Crippen LogP) is 3.97. The van der Waals surface area contributed by atoms with Crippen LogP contribution in [0.4, 0.5) is 0 Å². The highest BCUT2D eigenvalue weighted by molar-refractivity contribution is 5.76. The molecule has 1 heterocycles. The molecule has 0 saturated carbocycles. The van der Waals surface area contributed by atoms with Gasteiger partial charge in [-0.25, -0.2) is 0 Å². The van der Waals surface area contributed by atoms with Gasteiger partial charge in [-0.05, 0) is 66.2 Å². The minimum absolute atomic E-state index is 0.119. The van der Waals surface area contributed by atoms with Crippen LogP contribution in [0.15, 0.2) is 24.3 Å². The number of unbranched alkanes of at least 4 members (excludes halogenated alkanes) is 4. The summed E-state index contributed by atoms with van der Waals surface area (Å²) in [5, 5.41) is 6.16. The van der Waals surface area contributed by atoms with Gasteiger partial charge in [0.15, 0.2) is 0 Å². The van der Waals surface area contributed by atoms with E-state index in [9.17, 15) is 9.59 Å². The van der Waals surface area contributed by atoms with E-state index in [0.29, 0.717) is 25.9 Å². The Morgan fingerprint density at radius 1 is 0.903 bits per heavy atom. The van der Waals surface area contributed by atoms with Gasteiger partial charge in [-0.2, -0.15) is 0 Å².